The monoisotopic (exact) mass is 832 g/mol. The molecule has 6 atom stereocenters. The smallest absolute Gasteiger partial charge is 0.412 e. The van der Waals surface area contributed by atoms with E-state index in [1.807, 2.05) is 13.0 Å². The molecule has 60 heavy (non-hydrogen) atoms. The van der Waals surface area contributed by atoms with Crippen molar-refractivity contribution < 1.29 is 48.5 Å². The number of nitrogens with one attached hydrogen (secondary N) is 1. The Bertz CT molecular complexity index is 1850. The fourth-order valence-corrected chi connectivity index (χ4v) is 8.83. The minimum atomic E-state index is -1.49. The number of benzene rings is 2. The van der Waals surface area contributed by atoms with Gasteiger partial charge < -0.3 is 39.3 Å². The highest BCUT2D eigenvalue weighted by molar-refractivity contribution is 6.03. The van der Waals surface area contributed by atoms with Crippen LogP contribution >= 0.6 is 0 Å². The Morgan fingerprint density at radius 3 is 2.48 bits per heavy atom. The Labute approximate surface area is 352 Å². The first-order valence-corrected chi connectivity index (χ1v) is 21.1. The van der Waals surface area contributed by atoms with Crippen LogP contribution in [-0.2, 0) is 20.9 Å². The van der Waals surface area contributed by atoms with E-state index in [9.17, 15) is 29.9 Å². The topological polar surface area (TPSA) is 192 Å². The van der Waals surface area contributed by atoms with E-state index in [0.717, 1.165) is 36.8 Å². The van der Waals surface area contributed by atoms with E-state index < -0.39 is 34.9 Å². The molecule has 15 nitrogen and oxygen atoms in total. The van der Waals surface area contributed by atoms with Crippen LogP contribution in [0.4, 0.5) is 15.3 Å². The molecule has 2 amide bonds. The van der Waals surface area contributed by atoms with Gasteiger partial charge in [-0.15, -0.1) is 13.2 Å². The Morgan fingerprint density at radius 1 is 1.07 bits per heavy atom. The highest BCUT2D eigenvalue weighted by Gasteiger charge is 2.65. The predicted molar refractivity (Wildman–Crippen MR) is 226 cm³/mol. The SMILES string of the molecule is C=CCCOC(=O)N(CCC)C1CC(=NOCc2ccc([N+](=O)[O-])cc2)C2=CC(CCCCO)C(CCCCO)C3c4cc(OC(=O)NCC)ccc4OC1(OCC=C)C23. The van der Waals surface area contributed by atoms with E-state index in [1.54, 1.807) is 48.2 Å². The average Bonchev–Trinajstić information content (AvgIpc) is 3.24. The number of non-ortho nitro benzene ring substituents is 1. The van der Waals surface area contributed by atoms with Gasteiger partial charge in [0.05, 0.1) is 29.8 Å². The zero-order valence-corrected chi connectivity index (χ0v) is 34.8. The third-order valence-corrected chi connectivity index (χ3v) is 11.4. The molecule has 1 heterocycles. The van der Waals surface area contributed by atoms with Crippen molar-refractivity contribution in [2.24, 2.45) is 22.9 Å². The number of carbonyl (C=O) groups is 2. The van der Waals surface area contributed by atoms with Crippen LogP contribution in [0.25, 0.3) is 0 Å². The van der Waals surface area contributed by atoms with E-state index in [0.29, 0.717) is 61.5 Å². The molecule has 0 aromatic heterocycles. The average molecular weight is 833 g/mol. The molecular formula is C45H60N4O11. The van der Waals surface area contributed by atoms with Crippen LogP contribution in [0, 0.1) is 27.9 Å². The summed E-state index contributed by atoms with van der Waals surface area (Å²) >= 11 is 0. The van der Waals surface area contributed by atoms with Gasteiger partial charge in [0, 0.05) is 56.3 Å². The second-order valence-electron chi connectivity index (χ2n) is 15.3. The molecule has 1 fully saturated rings. The zero-order valence-electron chi connectivity index (χ0n) is 34.8. The number of carbonyl (C=O) groups excluding carboxylic acids is 2. The first kappa shape index (κ1) is 45.8. The summed E-state index contributed by atoms with van der Waals surface area (Å²) < 4.78 is 25.7. The third-order valence-electron chi connectivity index (χ3n) is 11.4. The fourth-order valence-electron chi connectivity index (χ4n) is 8.83. The number of nitro groups is 1. The standard InChI is InChI=1S/C45H60N4O11/c1-5-9-26-56-44(53)48(22-6-2)40-29-38(47-58-30-31-16-18-33(19-17-31)49(54)55)36-27-32(14-10-12-23-50)35(15-11-13-24-51)41-37-28-34(59-43(52)46-8-4)20-21-39(37)60-45(40,42(36)41)57-25-7-3/h5,7,16-21,27-28,32,35,40-42,50-51H,1,3,6,8-15,22-26,29-30H2,2,4H3,(H,46,52). The maximum Gasteiger partial charge on any atom is 0.412 e. The Balaban J connectivity index is 1.75. The summed E-state index contributed by atoms with van der Waals surface area (Å²) in [5, 5.41) is 38.5. The van der Waals surface area contributed by atoms with Crippen molar-refractivity contribution in [2.45, 2.75) is 96.0 Å². The number of oxime groups is 1. The summed E-state index contributed by atoms with van der Waals surface area (Å²) in [4.78, 5) is 45.5. The minimum Gasteiger partial charge on any atom is -0.459 e. The van der Waals surface area contributed by atoms with Crippen molar-refractivity contribution in [3.05, 3.63) is 101 Å². The Hall–Kier alpha value is -5.25. The number of allylic oxidation sites excluding steroid dienone is 1. The summed E-state index contributed by atoms with van der Waals surface area (Å²) in [6.45, 7) is 12.6. The van der Waals surface area contributed by atoms with Crippen LogP contribution < -0.4 is 14.8 Å². The van der Waals surface area contributed by atoms with Crippen LogP contribution in [0.15, 0.2) is 84.6 Å². The van der Waals surface area contributed by atoms with Crippen LogP contribution in [-0.4, -0.2) is 89.3 Å². The molecule has 326 valence electrons. The van der Waals surface area contributed by atoms with Crippen LogP contribution in [0.3, 0.4) is 0 Å². The predicted octanol–water partition coefficient (Wildman–Crippen LogP) is 7.96. The molecule has 2 aliphatic carbocycles. The maximum atomic E-state index is 14.2. The van der Waals surface area contributed by atoms with Gasteiger partial charge in [0.15, 0.2) is 0 Å². The van der Waals surface area contributed by atoms with Gasteiger partial charge in [0.25, 0.3) is 5.69 Å². The lowest BCUT2D eigenvalue weighted by atomic mass is 9.55. The lowest BCUT2D eigenvalue weighted by Gasteiger charge is -2.59. The number of unbranched alkanes of at least 4 members (excludes halogenated alkanes) is 2. The van der Waals surface area contributed by atoms with E-state index in [4.69, 9.17) is 28.9 Å². The molecule has 0 saturated heterocycles. The van der Waals surface area contributed by atoms with Gasteiger partial charge >= 0.3 is 12.2 Å². The van der Waals surface area contributed by atoms with Crippen LogP contribution in [0.1, 0.15) is 88.7 Å². The number of rotatable bonds is 23. The van der Waals surface area contributed by atoms with Gasteiger partial charge in [-0.25, -0.2) is 9.59 Å². The lowest BCUT2D eigenvalue weighted by Crippen LogP contribution is -2.70. The number of hydrogen-bond acceptors (Lipinski definition) is 12. The van der Waals surface area contributed by atoms with Gasteiger partial charge in [0.2, 0.25) is 5.79 Å². The van der Waals surface area contributed by atoms with Crippen molar-refractivity contribution in [3.63, 3.8) is 0 Å². The number of nitrogens with zero attached hydrogens (tertiary/aromatic N) is 3. The summed E-state index contributed by atoms with van der Waals surface area (Å²) in [6, 6.07) is 10.6. The lowest BCUT2D eigenvalue weighted by molar-refractivity contribution is -0.384. The largest absolute Gasteiger partial charge is 0.459 e. The first-order chi connectivity index (χ1) is 29.2. The number of amides is 2. The summed E-state index contributed by atoms with van der Waals surface area (Å²) in [5.41, 5.74) is 2.85. The molecule has 2 aromatic rings. The molecule has 0 spiro atoms. The van der Waals surface area contributed by atoms with E-state index in [2.05, 4.69) is 24.6 Å². The molecule has 2 aromatic carbocycles. The van der Waals surface area contributed by atoms with Crippen molar-refractivity contribution in [3.8, 4) is 11.5 Å². The molecule has 0 bridgehead atoms. The number of fused-ring (bicyclic) bond motifs is 2. The van der Waals surface area contributed by atoms with Gasteiger partial charge in [-0.1, -0.05) is 43.1 Å². The highest BCUT2D eigenvalue weighted by Crippen LogP contribution is 2.62. The first-order valence-electron chi connectivity index (χ1n) is 21.1. The maximum absolute atomic E-state index is 14.2. The van der Waals surface area contributed by atoms with E-state index in [-0.39, 0.29) is 62.9 Å². The van der Waals surface area contributed by atoms with Crippen molar-refractivity contribution in [2.75, 3.05) is 39.5 Å². The molecule has 3 aliphatic rings. The van der Waals surface area contributed by atoms with Crippen molar-refractivity contribution in [1.82, 2.24) is 10.2 Å². The normalized spacial score (nSPS) is 23.2. The van der Waals surface area contributed by atoms with Gasteiger partial charge in [-0.2, -0.15) is 0 Å². The summed E-state index contributed by atoms with van der Waals surface area (Å²) in [5.74, 6) is -1.63. The Morgan fingerprint density at radius 2 is 1.82 bits per heavy atom. The number of hydrogen-bond donors (Lipinski definition) is 3. The van der Waals surface area contributed by atoms with E-state index in [1.165, 1.54) is 12.1 Å². The zero-order chi connectivity index (χ0) is 43.1. The number of nitro benzene ring substituents is 1. The molecular weight excluding hydrogens is 773 g/mol. The molecule has 1 aliphatic heterocycles. The van der Waals surface area contributed by atoms with Crippen molar-refractivity contribution in [1.29, 1.82) is 0 Å². The van der Waals surface area contributed by atoms with Crippen LogP contribution in [0.2, 0.25) is 0 Å². The highest BCUT2D eigenvalue weighted by atomic mass is 16.7. The second kappa shape index (κ2) is 22.4. The molecule has 0 radical (unpaired) electrons. The molecule has 3 N–H and O–H groups in total. The fraction of sp³-hybridized carbons (Fsp3) is 0.533. The number of ether oxygens (including phenoxy) is 4. The van der Waals surface area contributed by atoms with Gasteiger partial charge in [-0.3, -0.25) is 15.0 Å². The third kappa shape index (κ3) is 10.7. The summed E-state index contributed by atoms with van der Waals surface area (Å²) in [7, 11) is 0. The molecule has 5 rings (SSSR count). The van der Waals surface area contributed by atoms with Crippen molar-refractivity contribution >= 4 is 23.6 Å². The summed E-state index contributed by atoms with van der Waals surface area (Å²) in [6.07, 6.45) is 9.83. The van der Waals surface area contributed by atoms with Gasteiger partial charge in [0.1, 0.15) is 24.1 Å². The van der Waals surface area contributed by atoms with Crippen LogP contribution in [0.5, 0.6) is 11.5 Å². The molecule has 15 heteroatoms. The number of aliphatic hydroxyl groups is 2. The number of aliphatic hydroxyl groups excluding tert-OH is 2. The Kier molecular flexibility index (Phi) is 17.1. The molecule has 1 saturated carbocycles. The molecule has 6 unspecified atom stereocenters. The minimum absolute atomic E-state index is 0.0189. The van der Waals surface area contributed by atoms with Gasteiger partial charge in [-0.05, 0) is 98.8 Å². The van der Waals surface area contributed by atoms with E-state index >= 15 is 0 Å². The quantitative estimate of drug-likeness (QED) is 0.0426. The second-order valence-corrected chi connectivity index (χ2v) is 15.3.